The van der Waals surface area contributed by atoms with Gasteiger partial charge < -0.3 is 14.3 Å². The topological polar surface area (TPSA) is 93.8 Å². The van der Waals surface area contributed by atoms with Crippen molar-refractivity contribution in [2.24, 2.45) is 0 Å². The minimum absolute atomic E-state index is 0.0582. The van der Waals surface area contributed by atoms with Gasteiger partial charge in [-0.25, -0.2) is 4.79 Å². The van der Waals surface area contributed by atoms with Gasteiger partial charge in [0.25, 0.3) is 0 Å². The fraction of sp³-hybridized carbons (Fsp3) is 0.0800. The predicted octanol–water partition coefficient (Wildman–Crippen LogP) is 4.60. The molecule has 0 radical (unpaired) electrons. The first-order valence-corrected chi connectivity index (χ1v) is 9.70. The molecule has 31 heavy (non-hydrogen) atoms. The van der Waals surface area contributed by atoms with E-state index in [1.807, 2.05) is 30.3 Å². The smallest absolute Gasteiger partial charge is 0.335 e. The molecule has 1 aliphatic rings. The molecule has 152 valence electrons. The highest BCUT2D eigenvalue weighted by molar-refractivity contribution is 5.90. The number of fused-ring (bicyclic) bond motifs is 3. The van der Waals surface area contributed by atoms with Crippen LogP contribution in [0.1, 0.15) is 33.8 Å². The molecule has 3 aromatic carbocycles. The van der Waals surface area contributed by atoms with Crippen LogP contribution in [0, 0.1) is 0 Å². The number of carboxylic acids is 1. The average Bonchev–Trinajstić information content (AvgIpc) is 2.79. The van der Waals surface area contributed by atoms with Crippen molar-refractivity contribution >= 4 is 22.9 Å². The number of ether oxygens (including phenoxy) is 1. The molecule has 1 atom stereocenters. The summed E-state index contributed by atoms with van der Waals surface area (Å²) in [5.74, 6) is -1.51. The minimum Gasteiger partial charge on any atom is -0.478 e. The van der Waals surface area contributed by atoms with E-state index in [-0.39, 0.29) is 17.4 Å². The van der Waals surface area contributed by atoms with Gasteiger partial charge in [0.2, 0.25) is 5.43 Å². The summed E-state index contributed by atoms with van der Waals surface area (Å²) in [5, 5.41) is 9.55. The molecule has 4 aromatic rings. The maximum Gasteiger partial charge on any atom is 0.335 e. The molecule has 0 saturated carbocycles. The van der Waals surface area contributed by atoms with Crippen molar-refractivity contribution in [2.45, 2.75) is 12.3 Å². The van der Waals surface area contributed by atoms with Crippen molar-refractivity contribution in [1.82, 2.24) is 0 Å². The Labute approximate surface area is 176 Å². The van der Waals surface area contributed by atoms with Crippen molar-refractivity contribution in [3.8, 4) is 16.9 Å². The van der Waals surface area contributed by atoms with Crippen LogP contribution in [0.25, 0.3) is 22.1 Å². The molecule has 0 fully saturated rings. The van der Waals surface area contributed by atoms with Crippen LogP contribution < -0.4 is 10.2 Å². The number of hydrogen-bond donors (Lipinski definition) is 1. The molecule has 0 unspecified atom stereocenters. The van der Waals surface area contributed by atoms with E-state index in [0.717, 1.165) is 11.1 Å². The van der Waals surface area contributed by atoms with E-state index in [9.17, 15) is 14.4 Å². The minimum atomic E-state index is -1.03. The van der Waals surface area contributed by atoms with E-state index in [1.165, 1.54) is 18.4 Å². The van der Waals surface area contributed by atoms with E-state index >= 15 is 0 Å². The molecular formula is C25H16O6. The number of benzene rings is 3. The first-order valence-electron chi connectivity index (χ1n) is 9.70. The van der Waals surface area contributed by atoms with Crippen LogP contribution >= 0.6 is 0 Å². The lowest BCUT2D eigenvalue weighted by atomic mass is 9.85. The van der Waals surface area contributed by atoms with Crippen molar-refractivity contribution in [3.63, 3.8) is 0 Å². The first-order chi connectivity index (χ1) is 15.0. The third-order valence-corrected chi connectivity index (χ3v) is 5.53. The third-order valence-electron chi connectivity index (χ3n) is 5.53. The van der Waals surface area contributed by atoms with E-state index in [4.69, 9.17) is 14.3 Å². The predicted molar refractivity (Wildman–Crippen MR) is 113 cm³/mol. The van der Waals surface area contributed by atoms with Crippen molar-refractivity contribution in [1.29, 1.82) is 0 Å². The Morgan fingerprint density at radius 2 is 1.68 bits per heavy atom. The molecule has 0 saturated heterocycles. The molecule has 1 N–H and O–H groups in total. The van der Waals surface area contributed by atoms with Crippen molar-refractivity contribution in [3.05, 3.63) is 99.9 Å². The molecule has 1 aromatic heterocycles. The molecule has 6 heteroatoms. The van der Waals surface area contributed by atoms with Crippen LogP contribution in [0.5, 0.6) is 5.75 Å². The van der Waals surface area contributed by atoms with E-state index in [2.05, 4.69) is 0 Å². The van der Waals surface area contributed by atoms with E-state index in [1.54, 1.807) is 24.3 Å². The van der Waals surface area contributed by atoms with Crippen molar-refractivity contribution in [2.75, 3.05) is 0 Å². The maximum absolute atomic E-state index is 13.2. The zero-order valence-corrected chi connectivity index (χ0v) is 16.2. The van der Waals surface area contributed by atoms with Crippen molar-refractivity contribution < 1.29 is 23.8 Å². The Morgan fingerprint density at radius 3 is 2.39 bits per heavy atom. The zero-order valence-electron chi connectivity index (χ0n) is 16.2. The van der Waals surface area contributed by atoms with Gasteiger partial charge in [-0.15, -0.1) is 0 Å². The first kappa shape index (κ1) is 18.8. The monoisotopic (exact) mass is 412 g/mol. The largest absolute Gasteiger partial charge is 0.478 e. The average molecular weight is 412 g/mol. The lowest BCUT2D eigenvalue weighted by Gasteiger charge is -2.25. The van der Waals surface area contributed by atoms with Gasteiger partial charge in [0, 0.05) is 11.5 Å². The lowest BCUT2D eigenvalue weighted by Crippen LogP contribution is -2.22. The second-order valence-corrected chi connectivity index (χ2v) is 7.36. The van der Waals surface area contributed by atoms with E-state index < -0.39 is 17.9 Å². The fourth-order valence-corrected chi connectivity index (χ4v) is 4.02. The van der Waals surface area contributed by atoms with Gasteiger partial charge in [0.05, 0.1) is 22.9 Å². The SMILES string of the molecule is O=C1C[C@H](c2ccc(C(=O)O)cc2)c2c(ccc3c(=O)c(-c4ccccc4)coc23)O1. The summed E-state index contributed by atoms with van der Waals surface area (Å²) in [4.78, 5) is 36.6. The highest BCUT2D eigenvalue weighted by Gasteiger charge is 2.32. The van der Waals surface area contributed by atoms with Crippen LogP contribution in [-0.2, 0) is 4.79 Å². The fourth-order valence-electron chi connectivity index (χ4n) is 4.02. The number of carbonyl (C=O) groups excluding carboxylic acids is 1. The van der Waals surface area contributed by atoms with Gasteiger partial charge in [-0.2, -0.15) is 0 Å². The number of carbonyl (C=O) groups is 2. The molecule has 0 aliphatic carbocycles. The highest BCUT2D eigenvalue weighted by Crippen LogP contribution is 2.42. The molecule has 1 aliphatic heterocycles. The molecule has 5 rings (SSSR count). The quantitative estimate of drug-likeness (QED) is 0.390. The Hall–Kier alpha value is -4.19. The summed E-state index contributed by atoms with van der Waals surface area (Å²) < 4.78 is 11.4. The number of aromatic carboxylic acids is 1. The summed E-state index contributed by atoms with van der Waals surface area (Å²) in [6, 6.07) is 18.8. The number of hydrogen-bond acceptors (Lipinski definition) is 5. The molecule has 0 spiro atoms. The van der Waals surface area contributed by atoms with Crippen LogP contribution in [0.2, 0.25) is 0 Å². The van der Waals surface area contributed by atoms with Gasteiger partial charge in [0.15, 0.2) is 0 Å². The van der Waals surface area contributed by atoms with Gasteiger partial charge in [-0.3, -0.25) is 9.59 Å². The van der Waals surface area contributed by atoms with Gasteiger partial charge in [-0.05, 0) is 35.4 Å². The molecule has 0 amide bonds. The van der Waals surface area contributed by atoms with Crippen LogP contribution in [0.15, 0.2) is 82.2 Å². The number of carboxylic acid groups (broad SMARTS) is 1. The van der Waals surface area contributed by atoms with Crippen LogP contribution in [0.4, 0.5) is 0 Å². The Kier molecular flexibility index (Phi) is 4.40. The zero-order chi connectivity index (χ0) is 21.5. The van der Waals surface area contributed by atoms with E-state index in [0.29, 0.717) is 27.8 Å². The summed E-state index contributed by atoms with van der Waals surface area (Å²) in [6.45, 7) is 0. The summed E-state index contributed by atoms with van der Waals surface area (Å²) in [6.07, 6.45) is 1.49. The standard InChI is InChI=1S/C25H16O6/c26-21-12-18(15-6-8-16(9-7-15)25(28)29)22-20(31-21)11-10-17-23(27)19(13-30-24(17)22)14-4-2-1-3-5-14/h1-11,13,18H,12H2,(H,28,29)/t18-/m1/s1. The normalized spacial score (nSPS) is 15.4. The summed E-state index contributed by atoms with van der Waals surface area (Å²) in [7, 11) is 0. The Balaban J connectivity index is 1.70. The highest BCUT2D eigenvalue weighted by atomic mass is 16.5. The van der Waals surface area contributed by atoms with Gasteiger partial charge >= 0.3 is 11.9 Å². The third kappa shape index (κ3) is 3.18. The molecule has 2 heterocycles. The summed E-state index contributed by atoms with van der Waals surface area (Å²) >= 11 is 0. The van der Waals surface area contributed by atoms with Crippen LogP contribution in [-0.4, -0.2) is 17.0 Å². The molecule has 0 bridgehead atoms. The molecular weight excluding hydrogens is 396 g/mol. The second kappa shape index (κ2) is 7.25. The lowest BCUT2D eigenvalue weighted by molar-refractivity contribution is -0.135. The molecule has 6 nitrogen and oxygen atoms in total. The maximum atomic E-state index is 13.2. The Morgan fingerprint density at radius 1 is 0.935 bits per heavy atom. The Bertz CT molecular complexity index is 1380. The van der Waals surface area contributed by atoms with Gasteiger partial charge in [0.1, 0.15) is 17.6 Å². The number of esters is 1. The summed E-state index contributed by atoms with van der Waals surface area (Å²) in [5.41, 5.74) is 2.89. The second-order valence-electron chi connectivity index (χ2n) is 7.36. The van der Waals surface area contributed by atoms with Gasteiger partial charge in [-0.1, -0.05) is 42.5 Å². The number of rotatable bonds is 3. The van der Waals surface area contributed by atoms with Crippen LogP contribution in [0.3, 0.4) is 0 Å².